The summed E-state index contributed by atoms with van der Waals surface area (Å²) in [5.74, 6) is 0. The minimum Gasteiger partial charge on any atom is -0.462 e. The molecule has 0 radical (unpaired) electrons. The number of thiophene rings is 1. The molecule has 0 fully saturated rings. The monoisotopic (exact) mass is 144 g/mol. The van der Waals surface area contributed by atoms with Crippen molar-refractivity contribution in [2.24, 2.45) is 0 Å². The number of carbonyl (C=O) groups is 1. The Morgan fingerprint density at radius 1 is 1.44 bits per heavy atom. The van der Waals surface area contributed by atoms with Gasteiger partial charge in [-0.05, 0) is 12.1 Å². The molecule has 0 aliphatic heterocycles. The molecule has 1 aromatic heterocycles. The molecule has 1 amide bonds. The van der Waals surface area contributed by atoms with Crippen LogP contribution in [0.5, 0.6) is 0 Å². The lowest BCUT2D eigenvalue weighted by Crippen LogP contribution is -2.04. The first-order chi connectivity index (χ1) is 4.29. The summed E-state index contributed by atoms with van der Waals surface area (Å²) in [4.78, 5) is 9.98. The molecule has 0 saturated carbocycles. The fourth-order valence-corrected chi connectivity index (χ4v) is 1.42. The first kappa shape index (κ1) is 6.10. The molecular weight excluding hydrogens is 138 g/mol. The second-order valence-corrected chi connectivity index (χ2v) is 2.93. The van der Waals surface area contributed by atoms with E-state index >= 15 is 0 Å². The Morgan fingerprint density at radius 2 is 2.00 bits per heavy atom. The molecule has 48 valence electrons. The zero-order valence-corrected chi connectivity index (χ0v) is 5.39. The highest BCUT2D eigenvalue weighted by Crippen LogP contribution is 2.11. The van der Waals surface area contributed by atoms with Gasteiger partial charge in [0.25, 0.3) is 0 Å². The van der Waals surface area contributed by atoms with Crippen LogP contribution in [-0.2, 0) is 0 Å². The van der Waals surface area contributed by atoms with E-state index in [0.717, 1.165) is 0 Å². The molecule has 1 aromatic rings. The summed E-state index contributed by atoms with van der Waals surface area (Å²) in [6.45, 7) is 0. The van der Waals surface area contributed by atoms with Crippen molar-refractivity contribution in [2.45, 2.75) is 0 Å². The number of hydrogen-bond acceptors (Lipinski definition) is 1. The van der Waals surface area contributed by atoms with Gasteiger partial charge in [0.15, 0.2) is 10.8 Å². The van der Waals surface area contributed by atoms with Gasteiger partial charge in [-0.2, -0.15) is 0 Å². The summed E-state index contributed by atoms with van der Waals surface area (Å²) in [6, 6.07) is 3.64. The molecule has 0 bridgehead atoms. The standard InChI is InChI=1S/C5H5NO2S/c7-5(8)6-9-3-1-2-4-9/h1-4,6H/p+1. The smallest absolute Gasteiger partial charge is 0.450 e. The number of nitrogens with one attached hydrogen (secondary N) is 1. The van der Waals surface area contributed by atoms with Crippen molar-refractivity contribution in [1.82, 2.24) is 0 Å². The van der Waals surface area contributed by atoms with E-state index in [9.17, 15) is 4.79 Å². The van der Waals surface area contributed by atoms with Gasteiger partial charge in [-0.25, -0.2) is 4.79 Å². The Kier molecular flexibility index (Phi) is 1.69. The van der Waals surface area contributed by atoms with Crippen LogP contribution in [0.15, 0.2) is 22.9 Å². The molecule has 0 aromatic carbocycles. The van der Waals surface area contributed by atoms with E-state index in [2.05, 4.69) is 4.72 Å². The van der Waals surface area contributed by atoms with Crippen molar-refractivity contribution >= 4 is 16.7 Å². The maximum atomic E-state index is 9.98. The van der Waals surface area contributed by atoms with Crippen LogP contribution < -0.4 is 4.72 Å². The summed E-state index contributed by atoms with van der Waals surface area (Å²) >= 11 is 0. The van der Waals surface area contributed by atoms with Crippen LogP contribution in [0.2, 0.25) is 0 Å². The summed E-state index contributed by atoms with van der Waals surface area (Å²) in [7, 11) is -0.368. The van der Waals surface area contributed by atoms with Gasteiger partial charge in [-0.15, -0.1) is 4.72 Å². The van der Waals surface area contributed by atoms with Crippen molar-refractivity contribution in [3.8, 4) is 0 Å². The van der Waals surface area contributed by atoms with Crippen molar-refractivity contribution in [2.75, 3.05) is 4.72 Å². The average Bonchev–Trinajstić information content (AvgIpc) is 2.15. The molecule has 2 N–H and O–H groups in total. The minimum absolute atomic E-state index is 0.368. The third kappa shape index (κ3) is 1.73. The largest absolute Gasteiger partial charge is 0.462 e. The molecular formula is C5H6NO2S+. The zero-order chi connectivity index (χ0) is 6.69. The Morgan fingerprint density at radius 3 is 2.44 bits per heavy atom. The molecule has 0 aliphatic rings. The maximum absolute atomic E-state index is 9.98. The van der Waals surface area contributed by atoms with Crippen molar-refractivity contribution in [3.63, 3.8) is 0 Å². The van der Waals surface area contributed by atoms with Crippen LogP contribution in [0.25, 0.3) is 0 Å². The zero-order valence-electron chi connectivity index (χ0n) is 4.57. The third-order valence-electron chi connectivity index (χ3n) is 0.767. The fraction of sp³-hybridized carbons (Fsp3) is 0. The van der Waals surface area contributed by atoms with Crippen molar-refractivity contribution < 1.29 is 9.90 Å². The molecule has 0 aliphatic carbocycles. The Hall–Kier alpha value is -1.03. The van der Waals surface area contributed by atoms with Gasteiger partial charge in [-0.3, -0.25) is 0 Å². The number of carboxylic acid groups (broad SMARTS) is 1. The van der Waals surface area contributed by atoms with E-state index in [4.69, 9.17) is 5.11 Å². The quantitative estimate of drug-likeness (QED) is 0.589. The first-order valence-electron chi connectivity index (χ1n) is 2.35. The topological polar surface area (TPSA) is 49.3 Å². The maximum Gasteiger partial charge on any atom is 0.450 e. The molecule has 1 heterocycles. The first-order valence-corrected chi connectivity index (χ1v) is 3.70. The predicted octanol–water partition coefficient (Wildman–Crippen LogP) is 1.66. The number of rotatable bonds is 1. The van der Waals surface area contributed by atoms with Gasteiger partial charge in [0, 0.05) is 0 Å². The van der Waals surface area contributed by atoms with Gasteiger partial charge in [-0.1, -0.05) is 0 Å². The summed E-state index contributed by atoms with van der Waals surface area (Å²) in [6.07, 6.45) is -0.977. The number of amides is 1. The van der Waals surface area contributed by atoms with E-state index in [1.807, 2.05) is 12.1 Å². The molecule has 0 saturated heterocycles. The van der Waals surface area contributed by atoms with E-state index in [1.165, 1.54) is 0 Å². The fourth-order valence-electron chi connectivity index (χ4n) is 0.474. The molecule has 3 nitrogen and oxygen atoms in total. The summed E-state index contributed by atoms with van der Waals surface area (Å²) < 4.78 is 2.31. The highest BCUT2D eigenvalue weighted by Gasteiger charge is 2.03. The average molecular weight is 144 g/mol. The Bertz CT molecular complexity index is 195. The van der Waals surface area contributed by atoms with Crippen molar-refractivity contribution in [3.05, 3.63) is 22.9 Å². The Labute approximate surface area is 55.0 Å². The van der Waals surface area contributed by atoms with E-state index in [0.29, 0.717) is 0 Å². The lowest BCUT2D eigenvalue weighted by Gasteiger charge is -1.81. The Balaban J connectivity index is 2.58. The second kappa shape index (κ2) is 2.50. The second-order valence-electron chi connectivity index (χ2n) is 1.44. The highest BCUT2D eigenvalue weighted by atomic mass is 32.2. The summed E-state index contributed by atoms with van der Waals surface area (Å²) in [5.41, 5.74) is 0. The van der Waals surface area contributed by atoms with Gasteiger partial charge in [0.05, 0.1) is 10.7 Å². The lowest BCUT2D eigenvalue weighted by atomic mass is 10.7. The van der Waals surface area contributed by atoms with Gasteiger partial charge >= 0.3 is 6.09 Å². The van der Waals surface area contributed by atoms with Gasteiger partial charge < -0.3 is 5.11 Å². The normalized spacial score (nSPS) is 8.89. The minimum atomic E-state index is -0.977. The van der Waals surface area contributed by atoms with Crippen LogP contribution in [0.1, 0.15) is 0 Å². The summed E-state index contributed by atoms with van der Waals surface area (Å²) in [5, 5.41) is 11.8. The van der Waals surface area contributed by atoms with Crippen LogP contribution in [0.4, 0.5) is 4.79 Å². The van der Waals surface area contributed by atoms with Crippen LogP contribution in [0.3, 0.4) is 0 Å². The SMILES string of the molecule is O=C(O)N[s+]1cccc1. The van der Waals surface area contributed by atoms with E-state index < -0.39 is 6.09 Å². The van der Waals surface area contributed by atoms with Crippen LogP contribution in [0, 0.1) is 0 Å². The third-order valence-corrected chi connectivity index (χ3v) is 2.08. The van der Waals surface area contributed by atoms with Crippen LogP contribution in [-0.4, -0.2) is 11.2 Å². The van der Waals surface area contributed by atoms with E-state index in [1.54, 1.807) is 10.8 Å². The molecule has 4 heteroatoms. The number of hydrogen-bond donors (Lipinski definition) is 2. The van der Waals surface area contributed by atoms with E-state index in [-0.39, 0.29) is 10.7 Å². The lowest BCUT2D eigenvalue weighted by molar-refractivity contribution is 0.211. The molecule has 0 unspecified atom stereocenters. The van der Waals surface area contributed by atoms with Crippen molar-refractivity contribution in [1.29, 1.82) is 0 Å². The van der Waals surface area contributed by atoms with Gasteiger partial charge in [0.2, 0.25) is 0 Å². The predicted molar refractivity (Wildman–Crippen MR) is 36.3 cm³/mol. The highest BCUT2D eigenvalue weighted by molar-refractivity contribution is 7.31. The van der Waals surface area contributed by atoms with Crippen LogP contribution >= 0.6 is 10.7 Å². The van der Waals surface area contributed by atoms with Gasteiger partial charge in [0.1, 0.15) is 0 Å². The molecule has 0 spiro atoms. The molecule has 1 rings (SSSR count). The molecule has 0 atom stereocenters. The molecule has 9 heavy (non-hydrogen) atoms.